The molecule has 0 radical (unpaired) electrons. The normalized spacial score (nSPS) is 10.7. The van der Waals surface area contributed by atoms with Crippen LogP contribution in [0.2, 0.25) is 10.0 Å². The number of esters is 1. The maximum absolute atomic E-state index is 11.7. The zero-order valence-corrected chi connectivity index (χ0v) is 14.6. The van der Waals surface area contributed by atoms with Gasteiger partial charge in [0.2, 0.25) is 0 Å². The summed E-state index contributed by atoms with van der Waals surface area (Å²) in [6.07, 6.45) is 2.59. The van der Waals surface area contributed by atoms with Crippen molar-refractivity contribution >= 4 is 62.8 Å². The van der Waals surface area contributed by atoms with Crippen molar-refractivity contribution in [1.29, 1.82) is 0 Å². The van der Waals surface area contributed by atoms with Crippen molar-refractivity contribution in [3.05, 3.63) is 56.9 Å². The van der Waals surface area contributed by atoms with Crippen LogP contribution in [0.5, 0.6) is 0 Å². The van der Waals surface area contributed by atoms with Crippen molar-refractivity contribution in [2.24, 2.45) is 0 Å². The van der Waals surface area contributed by atoms with Crippen LogP contribution in [0.1, 0.15) is 5.76 Å². The lowest BCUT2D eigenvalue weighted by molar-refractivity contribution is -0.142. The molecule has 5 nitrogen and oxygen atoms in total. The minimum atomic E-state index is -0.670. The number of hydrogen-bond acceptors (Lipinski definition) is 4. The Hall–Kier alpha value is -1.76. The Bertz CT molecular complexity index is 737. The molecule has 1 N–H and O–H groups in total. The Morgan fingerprint density at radius 3 is 2.52 bits per heavy atom. The van der Waals surface area contributed by atoms with E-state index in [0.717, 1.165) is 6.08 Å². The highest BCUT2D eigenvalue weighted by molar-refractivity contribution is 9.10. The second-order valence-corrected chi connectivity index (χ2v) is 5.94. The van der Waals surface area contributed by atoms with Crippen LogP contribution < -0.4 is 5.32 Å². The first-order valence-corrected chi connectivity index (χ1v) is 7.83. The highest BCUT2D eigenvalue weighted by Gasteiger charge is 2.07. The Morgan fingerprint density at radius 2 is 1.91 bits per heavy atom. The molecule has 1 aromatic carbocycles. The van der Waals surface area contributed by atoms with Crippen LogP contribution in [0.25, 0.3) is 6.08 Å². The number of amides is 1. The van der Waals surface area contributed by atoms with Crippen molar-refractivity contribution in [3.8, 4) is 0 Å². The maximum Gasteiger partial charge on any atom is 0.331 e. The van der Waals surface area contributed by atoms with Crippen LogP contribution in [-0.2, 0) is 14.3 Å². The summed E-state index contributed by atoms with van der Waals surface area (Å²) in [5, 5.41) is 3.30. The molecule has 0 unspecified atom stereocenters. The molecule has 1 amide bonds. The van der Waals surface area contributed by atoms with E-state index in [-0.39, 0.29) is 0 Å². The number of carbonyl (C=O) groups is 2. The predicted octanol–water partition coefficient (Wildman–Crippen LogP) is 4.54. The van der Waals surface area contributed by atoms with Crippen molar-refractivity contribution in [2.75, 3.05) is 11.9 Å². The van der Waals surface area contributed by atoms with E-state index >= 15 is 0 Å². The van der Waals surface area contributed by atoms with E-state index in [0.29, 0.717) is 26.2 Å². The lowest BCUT2D eigenvalue weighted by atomic mass is 10.3. The van der Waals surface area contributed by atoms with Gasteiger partial charge in [-0.1, -0.05) is 23.2 Å². The van der Waals surface area contributed by atoms with Gasteiger partial charge in [0.1, 0.15) is 5.76 Å². The molecular weight excluding hydrogens is 409 g/mol. The van der Waals surface area contributed by atoms with Crippen LogP contribution in [-0.4, -0.2) is 18.5 Å². The summed E-state index contributed by atoms with van der Waals surface area (Å²) >= 11 is 14.8. The first-order valence-electron chi connectivity index (χ1n) is 6.28. The highest BCUT2D eigenvalue weighted by Crippen LogP contribution is 2.22. The van der Waals surface area contributed by atoms with Gasteiger partial charge >= 0.3 is 5.97 Å². The van der Waals surface area contributed by atoms with Gasteiger partial charge in [0, 0.05) is 21.8 Å². The average molecular weight is 419 g/mol. The predicted molar refractivity (Wildman–Crippen MR) is 91.5 cm³/mol. The van der Waals surface area contributed by atoms with Crippen LogP contribution in [0.4, 0.5) is 5.69 Å². The van der Waals surface area contributed by atoms with Gasteiger partial charge in [0.05, 0.1) is 0 Å². The molecular formula is C15H10BrCl2NO4. The summed E-state index contributed by atoms with van der Waals surface area (Å²) in [4.78, 5) is 23.2. The summed E-state index contributed by atoms with van der Waals surface area (Å²) in [7, 11) is 0. The third-order valence-electron chi connectivity index (χ3n) is 2.47. The van der Waals surface area contributed by atoms with E-state index in [2.05, 4.69) is 21.2 Å². The number of rotatable bonds is 5. The van der Waals surface area contributed by atoms with E-state index in [9.17, 15) is 9.59 Å². The fourth-order valence-electron chi connectivity index (χ4n) is 1.58. The molecule has 0 spiro atoms. The first kappa shape index (κ1) is 17.6. The first-order chi connectivity index (χ1) is 10.9. The monoisotopic (exact) mass is 417 g/mol. The van der Waals surface area contributed by atoms with Crippen molar-refractivity contribution in [1.82, 2.24) is 0 Å². The molecule has 0 aliphatic carbocycles. The molecule has 2 aromatic rings. The third-order valence-corrected chi connectivity index (χ3v) is 3.33. The van der Waals surface area contributed by atoms with Gasteiger partial charge in [-0.2, -0.15) is 0 Å². The summed E-state index contributed by atoms with van der Waals surface area (Å²) in [5.74, 6) is -0.700. The van der Waals surface area contributed by atoms with Gasteiger partial charge in [0.25, 0.3) is 5.91 Å². The topological polar surface area (TPSA) is 68.5 Å². The Morgan fingerprint density at radius 1 is 1.22 bits per heavy atom. The van der Waals surface area contributed by atoms with Gasteiger partial charge in [-0.15, -0.1) is 0 Å². The summed E-state index contributed by atoms with van der Waals surface area (Å²) in [6, 6.07) is 7.96. The number of hydrogen-bond donors (Lipinski definition) is 1. The Kier molecular flexibility index (Phi) is 6.27. The van der Waals surface area contributed by atoms with Gasteiger partial charge in [-0.3, -0.25) is 4.79 Å². The third kappa shape index (κ3) is 6.09. The average Bonchev–Trinajstić information content (AvgIpc) is 2.87. The smallest absolute Gasteiger partial charge is 0.331 e. The van der Waals surface area contributed by atoms with Crippen LogP contribution in [0, 0.1) is 0 Å². The van der Waals surface area contributed by atoms with Crippen molar-refractivity contribution in [2.45, 2.75) is 0 Å². The zero-order valence-electron chi connectivity index (χ0n) is 11.5. The largest absolute Gasteiger partial charge is 0.452 e. The van der Waals surface area contributed by atoms with Gasteiger partial charge < -0.3 is 14.5 Å². The van der Waals surface area contributed by atoms with E-state index in [1.807, 2.05) is 0 Å². The number of carbonyl (C=O) groups excluding carboxylic acids is 2. The van der Waals surface area contributed by atoms with Gasteiger partial charge in [-0.05, 0) is 52.3 Å². The van der Waals surface area contributed by atoms with E-state index in [4.69, 9.17) is 32.4 Å². The minimum Gasteiger partial charge on any atom is -0.452 e. The molecule has 1 heterocycles. The van der Waals surface area contributed by atoms with Crippen LogP contribution >= 0.6 is 39.1 Å². The van der Waals surface area contributed by atoms with Crippen LogP contribution in [0.3, 0.4) is 0 Å². The SMILES string of the molecule is O=C(COC(=O)/C=C/c1ccc(Br)o1)Nc1cc(Cl)cc(Cl)c1. The number of nitrogens with one attached hydrogen (secondary N) is 1. The van der Waals surface area contributed by atoms with E-state index < -0.39 is 18.5 Å². The second kappa shape index (κ2) is 8.19. The quantitative estimate of drug-likeness (QED) is 0.571. The summed E-state index contributed by atoms with van der Waals surface area (Å²) in [6.45, 7) is -0.435. The molecule has 0 aliphatic rings. The fourth-order valence-corrected chi connectivity index (χ4v) is 2.42. The molecule has 0 saturated carbocycles. The minimum absolute atomic E-state index is 0.386. The zero-order chi connectivity index (χ0) is 16.8. The molecule has 2 rings (SSSR count). The lowest BCUT2D eigenvalue weighted by Gasteiger charge is -2.06. The number of benzene rings is 1. The van der Waals surface area contributed by atoms with E-state index in [1.165, 1.54) is 24.3 Å². The number of ether oxygens (including phenoxy) is 1. The molecule has 23 heavy (non-hydrogen) atoms. The highest BCUT2D eigenvalue weighted by atomic mass is 79.9. The molecule has 0 fully saturated rings. The molecule has 8 heteroatoms. The molecule has 0 aliphatic heterocycles. The number of furan rings is 1. The van der Waals surface area contributed by atoms with Crippen molar-refractivity contribution in [3.63, 3.8) is 0 Å². The molecule has 120 valence electrons. The summed E-state index contributed by atoms with van der Waals surface area (Å²) < 4.78 is 10.5. The molecule has 0 atom stereocenters. The van der Waals surface area contributed by atoms with E-state index in [1.54, 1.807) is 12.1 Å². The molecule has 1 aromatic heterocycles. The standard InChI is InChI=1S/C15H10BrCl2NO4/c16-13-3-1-12(23-13)2-4-15(21)22-8-14(20)19-11-6-9(17)5-10(18)7-11/h1-7H,8H2,(H,19,20)/b4-2+. The summed E-state index contributed by atoms with van der Waals surface area (Å²) in [5.41, 5.74) is 0.416. The number of anilines is 1. The maximum atomic E-state index is 11.7. The molecule has 0 saturated heterocycles. The van der Waals surface area contributed by atoms with Gasteiger partial charge in [0.15, 0.2) is 11.3 Å². The van der Waals surface area contributed by atoms with Crippen LogP contribution in [0.15, 0.2) is 45.5 Å². The Labute approximate surface area is 150 Å². The fraction of sp³-hybridized carbons (Fsp3) is 0.0667. The Balaban J connectivity index is 1.81. The van der Waals surface area contributed by atoms with Gasteiger partial charge in [-0.25, -0.2) is 4.79 Å². The number of halogens is 3. The molecule has 0 bridgehead atoms. The van der Waals surface area contributed by atoms with Crippen molar-refractivity contribution < 1.29 is 18.7 Å². The lowest BCUT2D eigenvalue weighted by Crippen LogP contribution is -2.20. The second-order valence-electron chi connectivity index (χ2n) is 4.29.